The van der Waals surface area contributed by atoms with Crippen molar-refractivity contribution in [1.82, 2.24) is 0 Å². The van der Waals surface area contributed by atoms with E-state index < -0.39 is 0 Å². The predicted molar refractivity (Wildman–Crippen MR) is 93.8 cm³/mol. The van der Waals surface area contributed by atoms with Gasteiger partial charge in [0.25, 0.3) is 0 Å². The van der Waals surface area contributed by atoms with Gasteiger partial charge < -0.3 is 9.31 Å². The summed E-state index contributed by atoms with van der Waals surface area (Å²) in [6.07, 6.45) is 2.15. The van der Waals surface area contributed by atoms with Gasteiger partial charge in [0.1, 0.15) is 0 Å². The summed E-state index contributed by atoms with van der Waals surface area (Å²) in [5.74, 6) is 0.615. The van der Waals surface area contributed by atoms with Gasteiger partial charge in [-0.15, -0.1) is 0 Å². The molecule has 0 radical (unpaired) electrons. The number of rotatable bonds is 3. The van der Waals surface area contributed by atoms with E-state index >= 15 is 0 Å². The molecule has 1 aromatic rings. The minimum atomic E-state index is -0.326. The zero-order chi connectivity index (χ0) is 15.8. The Balaban J connectivity index is 2.33. The molecular weight excluding hydrogens is 279 g/mol. The van der Waals surface area contributed by atoms with Crippen molar-refractivity contribution in [2.45, 2.75) is 52.7 Å². The fourth-order valence-electron chi connectivity index (χ4n) is 2.30. The molecule has 1 aliphatic heterocycles. The fraction of sp³-hybridized carbons (Fsp3) is 0.529. The quantitative estimate of drug-likeness (QED) is 0.665. The van der Waals surface area contributed by atoms with Crippen LogP contribution in [0.25, 0.3) is 6.08 Å². The van der Waals surface area contributed by atoms with Crippen LogP contribution in [0.5, 0.6) is 0 Å². The van der Waals surface area contributed by atoms with Gasteiger partial charge in [0, 0.05) is 5.75 Å². The highest BCUT2D eigenvalue weighted by atomic mass is 32.1. The lowest BCUT2D eigenvalue weighted by atomic mass is 9.78. The van der Waals surface area contributed by atoms with Crippen LogP contribution in [-0.4, -0.2) is 24.1 Å². The summed E-state index contributed by atoms with van der Waals surface area (Å²) in [6.45, 7) is 12.5. The molecule has 4 heteroatoms. The summed E-state index contributed by atoms with van der Waals surface area (Å²) in [5, 5.41) is 0. The first-order chi connectivity index (χ1) is 9.66. The van der Waals surface area contributed by atoms with Gasteiger partial charge in [-0.3, -0.25) is 0 Å². The van der Waals surface area contributed by atoms with E-state index in [1.54, 1.807) is 0 Å². The third-order valence-electron chi connectivity index (χ3n) is 4.51. The smallest absolute Gasteiger partial charge is 0.400 e. The van der Waals surface area contributed by atoms with Gasteiger partial charge >= 0.3 is 7.12 Å². The molecule has 1 heterocycles. The molecule has 114 valence electrons. The molecule has 0 spiro atoms. The number of hydrogen-bond donors (Lipinski definition) is 1. The van der Waals surface area contributed by atoms with Gasteiger partial charge in [-0.1, -0.05) is 29.8 Å². The largest absolute Gasteiger partial charge is 0.491 e. The van der Waals surface area contributed by atoms with Crippen molar-refractivity contribution < 1.29 is 9.31 Å². The normalized spacial score (nSPS) is 20.9. The lowest BCUT2D eigenvalue weighted by Gasteiger charge is -2.32. The van der Waals surface area contributed by atoms with E-state index in [-0.39, 0.29) is 18.3 Å². The van der Waals surface area contributed by atoms with Crippen molar-refractivity contribution in [3.05, 3.63) is 40.4 Å². The first-order valence-electron chi connectivity index (χ1n) is 7.40. The number of hydrogen-bond acceptors (Lipinski definition) is 3. The Bertz CT molecular complexity index is 548. The molecule has 0 aliphatic carbocycles. The summed E-state index contributed by atoms with van der Waals surface area (Å²) < 4.78 is 12.2. The molecule has 1 aliphatic rings. The van der Waals surface area contributed by atoms with Gasteiger partial charge in [0.2, 0.25) is 0 Å². The highest BCUT2D eigenvalue weighted by Gasteiger charge is 2.52. The van der Waals surface area contributed by atoms with E-state index in [1.807, 2.05) is 0 Å². The maximum atomic E-state index is 6.12. The van der Waals surface area contributed by atoms with Crippen molar-refractivity contribution in [1.29, 1.82) is 0 Å². The summed E-state index contributed by atoms with van der Waals surface area (Å²) in [6, 6.07) is 6.45. The van der Waals surface area contributed by atoms with Crippen LogP contribution >= 0.6 is 12.6 Å². The van der Waals surface area contributed by atoms with Crippen LogP contribution in [0.3, 0.4) is 0 Å². The molecule has 1 fully saturated rings. The van der Waals surface area contributed by atoms with E-state index in [2.05, 4.69) is 78.4 Å². The Labute approximate surface area is 134 Å². The average Bonchev–Trinajstić information content (AvgIpc) is 2.59. The molecule has 1 saturated heterocycles. The van der Waals surface area contributed by atoms with E-state index in [4.69, 9.17) is 9.31 Å². The topological polar surface area (TPSA) is 18.5 Å². The van der Waals surface area contributed by atoms with Gasteiger partial charge in [0.05, 0.1) is 11.2 Å². The monoisotopic (exact) mass is 304 g/mol. The lowest BCUT2D eigenvalue weighted by Crippen LogP contribution is -2.41. The molecule has 0 N–H and O–H groups in total. The number of aryl methyl sites for hydroxylation is 2. The Morgan fingerprint density at radius 2 is 1.71 bits per heavy atom. The maximum Gasteiger partial charge on any atom is 0.491 e. The van der Waals surface area contributed by atoms with Gasteiger partial charge in [0.15, 0.2) is 0 Å². The Morgan fingerprint density at radius 3 is 2.24 bits per heavy atom. The molecule has 2 rings (SSSR count). The Morgan fingerprint density at radius 1 is 1.14 bits per heavy atom. The molecule has 0 atom stereocenters. The molecule has 1 aromatic carbocycles. The van der Waals surface area contributed by atoms with E-state index in [0.29, 0.717) is 5.75 Å². The standard InChI is InChI=1S/C17H25BO2S/c1-12-7-8-13(2)14(9-12)10-15(11-21)18-19-16(3,4)17(5,6)20-18/h7-10,21H,11H2,1-6H3. The van der Waals surface area contributed by atoms with Crippen LogP contribution in [0.2, 0.25) is 0 Å². The summed E-state index contributed by atoms with van der Waals surface area (Å²) in [5.41, 5.74) is 4.12. The van der Waals surface area contributed by atoms with Crippen LogP contribution in [0.4, 0.5) is 0 Å². The fourth-order valence-corrected chi connectivity index (χ4v) is 2.54. The van der Waals surface area contributed by atoms with Gasteiger partial charge in [-0.2, -0.15) is 12.6 Å². The van der Waals surface area contributed by atoms with E-state index in [9.17, 15) is 0 Å². The summed E-state index contributed by atoms with van der Waals surface area (Å²) in [7, 11) is -0.326. The zero-order valence-corrected chi connectivity index (χ0v) is 14.8. The van der Waals surface area contributed by atoms with Crippen LogP contribution in [-0.2, 0) is 9.31 Å². The van der Waals surface area contributed by atoms with Crippen LogP contribution in [0, 0.1) is 13.8 Å². The second-order valence-electron chi connectivity index (χ2n) is 6.83. The highest BCUT2D eigenvalue weighted by molar-refractivity contribution is 7.80. The van der Waals surface area contributed by atoms with E-state index in [1.165, 1.54) is 16.7 Å². The van der Waals surface area contributed by atoms with Crippen molar-refractivity contribution in [3.8, 4) is 0 Å². The van der Waals surface area contributed by atoms with Crippen LogP contribution in [0.15, 0.2) is 23.7 Å². The number of benzene rings is 1. The first kappa shape index (κ1) is 16.7. The Kier molecular flexibility index (Phi) is 4.62. The summed E-state index contributed by atoms with van der Waals surface area (Å²) >= 11 is 4.47. The molecule has 0 bridgehead atoms. The average molecular weight is 304 g/mol. The van der Waals surface area contributed by atoms with Crippen molar-refractivity contribution in [2.24, 2.45) is 0 Å². The number of thiol groups is 1. The minimum Gasteiger partial charge on any atom is -0.400 e. The lowest BCUT2D eigenvalue weighted by molar-refractivity contribution is 0.00578. The second-order valence-corrected chi connectivity index (χ2v) is 7.14. The zero-order valence-electron chi connectivity index (χ0n) is 13.9. The molecular formula is C17H25BO2S. The summed E-state index contributed by atoms with van der Waals surface area (Å²) in [4.78, 5) is 0. The maximum absolute atomic E-state index is 6.12. The second kappa shape index (κ2) is 5.83. The molecule has 0 aromatic heterocycles. The van der Waals surface area contributed by atoms with Gasteiger partial charge in [-0.25, -0.2) is 0 Å². The third kappa shape index (κ3) is 3.38. The molecule has 0 amide bonds. The first-order valence-corrected chi connectivity index (χ1v) is 8.04. The molecule has 0 saturated carbocycles. The third-order valence-corrected chi connectivity index (χ3v) is 4.88. The van der Waals surface area contributed by atoms with Crippen molar-refractivity contribution in [2.75, 3.05) is 5.75 Å². The highest BCUT2D eigenvalue weighted by Crippen LogP contribution is 2.39. The SMILES string of the molecule is Cc1ccc(C)c(C=C(CS)B2OC(C)(C)C(C)(C)O2)c1. The van der Waals surface area contributed by atoms with Crippen LogP contribution in [0.1, 0.15) is 44.4 Å². The minimum absolute atomic E-state index is 0.318. The molecule has 21 heavy (non-hydrogen) atoms. The van der Waals surface area contributed by atoms with Crippen LogP contribution < -0.4 is 0 Å². The van der Waals surface area contributed by atoms with Gasteiger partial charge in [-0.05, 0) is 58.1 Å². The molecule has 2 nitrogen and oxygen atoms in total. The van der Waals surface area contributed by atoms with Crippen molar-refractivity contribution in [3.63, 3.8) is 0 Å². The van der Waals surface area contributed by atoms with E-state index in [0.717, 1.165) is 5.47 Å². The van der Waals surface area contributed by atoms with Crippen molar-refractivity contribution >= 4 is 25.8 Å². The Hall–Kier alpha value is -0.705. The molecule has 0 unspecified atom stereocenters. The predicted octanol–water partition coefficient (Wildman–Crippen LogP) is 4.25.